The largest absolute Gasteiger partial charge is 0.611 e. The molecule has 0 aromatic carbocycles. The van der Waals surface area contributed by atoms with E-state index in [0.29, 0.717) is 5.92 Å². The Kier molecular flexibility index (Phi) is 2.79. The minimum atomic E-state index is -0.799. The van der Waals surface area contributed by atoms with Gasteiger partial charge in [0.2, 0.25) is 0 Å². The Hall–Kier alpha value is -0.540. The molecule has 0 radical (unpaired) electrons. The van der Waals surface area contributed by atoms with Crippen LogP contribution in [0, 0.1) is 0 Å². The Bertz CT molecular complexity index is 338. The lowest BCUT2D eigenvalue weighted by Crippen LogP contribution is -2.17. The molecule has 0 spiro atoms. The number of hydrogen-bond acceptors (Lipinski definition) is 2. The lowest BCUT2D eigenvalue weighted by Gasteiger charge is -2.19. The molecule has 14 heavy (non-hydrogen) atoms. The van der Waals surface area contributed by atoms with Crippen molar-refractivity contribution in [3.05, 3.63) is 23.5 Å². The smallest absolute Gasteiger partial charge is 0.174 e. The van der Waals surface area contributed by atoms with E-state index in [2.05, 4.69) is 24.9 Å². The third-order valence-electron chi connectivity index (χ3n) is 2.58. The second-order valence-corrected chi connectivity index (χ2v) is 5.56. The van der Waals surface area contributed by atoms with E-state index < -0.39 is 11.2 Å². The van der Waals surface area contributed by atoms with Gasteiger partial charge < -0.3 is 4.55 Å². The number of fused-ring (bicyclic) bond motifs is 1. The van der Waals surface area contributed by atoms with E-state index in [1.54, 1.807) is 6.20 Å². The van der Waals surface area contributed by atoms with Crippen LogP contribution in [0.5, 0.6) is 0 Å². The van der Waals surface area contributed by atoms with Crippen molar-refractivity contribution in [2.24, 2.45) is 0 Å². The fourth-order valence-corrected chi connectivity index (χ4v) is 2.97. The summed E-state index contributed by atoms with van der Waals surface area (Å²) in [5.74, 6) is 1.26. The van der Waals surface area contributed by atoms with Gasteiger partial charge in [-0.3, -0.25) is 4.98 Å². The van der Waals surface area contributed by atoms with Gasteiger partial charge in [0, 0.05) is 11.3 Å². The fourth-order valence-electron chi connectivity index (χ4n) is 1.72. The van der Waals surface area contributed by atoms with E-state index in [1.165, 1.54) is 5.56 Å². The van der Waals surface area contributed by atoms with E-state index in [-0.39, 0.29) is 0 Å². The maximum atomic E-state index is 11.6. The zero-order valence-corrected chi connectivity index (χ0v) is 9.43. The molecule has 0 saturated heterocycles. The van der Waals surface area contributed by atoms with Crippen LogP contribution < -0.4 is 0 Å². The average Bonchev–Trinajstić information content (AvgIpc) is 2.17. The quantitative estimate of drug-likeness (QED) is 0.665. The molecule has 0 bridgehead atoms. The van der Waals surface area contributed by atoms with Crippen LogP contribution in [-0.4, -0.2) is 15.3 Å². The predicted molar refractivity (Wildman–Crippen MR) is 57.9 cm³/mol. The van der Waals surface area contributed by atoms with Crippen molar-refractivity contribution in [1.29, 1.82) is 0 Å². The molecule has 3 heteroatoms. The van der Waals surface area contributed by atoms with Crippen LogP contribution >= 0.6 is 0 Å². The van der Waals surface area contributed by atoms with Crippen molar-refractivity contribution < 1.29 is 4.55 Å². The Morgan fingerprint density at radius 2 is 2.29 bits per heavy atom. The molecule has 2 rings (SSSR count). The third-order valence-corrected chi connectivity index (χ3v) is 4.10. The summed E-state index contributed by atoms with van der Waals surface area (Å²) in [6, 6.07) is 2.12. The standard InChI is InChI=1S/C11H15NOS/c1-8(2)10-6-9-4-3-5-14(13)11(9)7-12-10/h6-8H,3-5H2,1-2H3. The van der Waals surface area contributed by atoms with Gasteiger partial charge in [0.15, 0.2) is 4.90 Å². The van der Waals surface area contributed by atoms with Crippen LogP contribution in [0.1, 0.15) is 37.4 Å². The lowest BCUT2D eigenvalue weighted by molar-refractivity contribution is 0.584. The highest BCUT2D eigenvalue weighted by Gasteiger charge is 2.22. The number of aryl methyl sites for hydroxylation is 1. The summed E-state index contributed by atoms with van der Waals surface area (Å²) in [4.78, 5) is 5.31. The molecular weight excluding hydrogens is 194 g/mol. The second-order valence-electron chi connectivity index (χ2n) is 4.02. The van der Waals surface area contributed by atoms with Crippen LogP contribution in [0.15, 0.2) is 17.2 Å². The summed E-state index contributed by atoms with van der Waals surface area (Å²) >= 11 is -0.799. The maximum Gasteiger partial charge on any atom is 0.174 e. The first-order valence-corrected chi connectivity index (χ1v) is 6.37. The molecule has 76 valence electrons. The summed E-state index contributed by atoms with van der Waals surface area (Å²) in [5, 5.41) is 0. The molecule has 1 atom stereocenters. The molecule has 0 fully saturated rings. The molecular formula is C11H15NOS. The van der Waals surface area contributed by atoms with Crippen molar-refractivity contribution in [2.45, 2.75) is 37.5 Å². The Balaban J connectivity index is 2.39. The zero-order valence-electron chi connectivity index (χ0n) is 8.62. The number of hydrogen-bond donors (Lipinski definition) is 0. The first kappa shape index (κ1) is 9.99. The average molecular weight is 209 g/mol. The van der Waals surface area contributed by atoms with E-state index in [1.807, 2.05) is 0 Å². The van der Waals surface area contributed by atoms with Crippen LogP contribution in [0.25, 0.3) is 0 Å². The second kappa shape index (κ2) is 3.91. The van der Waals surface area contributed by atoms with E-state index in [4.69, 9.17) is 0 Å². The molecule has 1 aliphatic rings. The number of aromatic nitrogens is 1. The Labute approximate surface area is 87.9 Å². The van der Waals surface area contributed by atoms with Crippen molar-refractivity contribution in [2.75, 3.05) is 5.75 Å². The van der Waals surface area contributed by atoms with Gasteiger partial charge in [-0.25, -0.2) is 0 Å². The molecule has 1 aromatic rings. The minimum Gasteiger partial charge on any atom is -0.611 e. The van der Waals surface area contributed by atoms with E-state index in [9.17, 15) is 4.55 Å². The van der Waals surface area contributed by atoms with Gasteiger partial charge in [0.05, 0.1) is 6.20 Å². The molecule has 2 heterocycles. The van der Waals surface area contributed by atoms with Gasteiger partial charge >= 0.3 is 0 Å². The number of pyridine rings is 1. The molecule has 0 amide bonds. The first-order chi connectivity index (χ1) is 6.68. The third kappa shape index (κ3) is 1.79. The van der Waals surface area contributed by atoms with Crippen LogP contribution in [0.2, 0.25) is 0 Å². The highest BCUT2D eigenvalue weighted by atomic mass is 32.2. The van der Waals surface area contributed by atoms with E-state index >= 15 is 0 Å². The van der Waals surface area contributed by atoms with Crippen molar-refractivity contribution in [3.63, 3.8) is 0 Å². The summed E-state index contributed by atoms with van der Waals surface area (Å²) in [6.45, 7) is 4.27. The van der Waals surface area contributed by atoms with Gasteiger partial charge in [-0.15, -0.1) is 0 Å². The number of nitrogens with zero attached hydrogens (tertiary/aromatic N) is 1. The summed E-state index contributed by atoms with van der Waals surface area (Å²) in [6.07, 6.45) is 3.91. The minimum absolute atomic E-state index is 0.454. The van der Waals surface area contributed by atoms with Gasteiger partial charge in [-0.2, -0.15) is 0 Å². The van der Waals surface area contributed by atoms with Gasteiger partial charge in [0.25, 0.3) is 0 Å². The van der Waals surface area contributed by atoms with Crippen LogP contribution in [-0.2, 0) is 17.6 Å². The molecule has 1 aromatic heterocycles. The molecule has 0 N–H and O–H groups in total. The van der Waals surface area contributed by atoms with Gasteiger partial charge in [-0.05, 0) is 36.0 Å². The van der Waals surface area contributed by atoms with E-state index in [0.717, 1.165) is 29.2 Å². The monoisotopic (exact) mass is 209 g/mol. The summed E-state index contributed by atoms with van der Waals surface area (Å²) in [7, 11) is 0. The normalized spacial score (nSPS) is 21.0. The highest BCUT2D eigenvalue weighted by molar-refractivity contribution is 7.91. The predicted octanol–water partition coefficient (Wildman–Crippen LogP) is 2.26. The topological polar surface area (TPSA) is 36.0 Å². The Morgan fingerprint density at radius 1 is 1.50 bits per heavy atom. The molecule has 2 nitrogen and oxygen atoms in total. The fraction of sp³-hybridized carbons (Fsp3) is 0.545. The van der Waals surface area contributed by atoms with Gasteiger partial charge in [0.1, 0.15) is 5.75 Å². The highest BCUT2D eigenvalue weighted by Crippen LogP contribution is 2.26. The molecule has 0 saturated carbocycles. The van der Waals surface area contributed by atoms with Crippen LogP contribution in [0.4, 0.5) is 0 Å². The molecule has 1 unspecified atom stereocenters. The maximum absolute atomic E-state index is 11.6. The van der Waals surface area contributed by atoms with Crippen LogP contribution in [0.3, 0.4) is 0 Å². The first-order valence-electron chi connectivity index (χ1n) is 5.05. The van der Waals surface area contributed by atoms with Crippen molar-refractivity contribution in [1.82, 2.24) is 4.98 Å². The zero-order chi connectivity index (χ0) is 10.1. The molecule has 1 aliphatic heterocycles. The SMILES string of the molecule is CC(C)c1cc2c(cn1)[S+]([O-])CCC2. The summed E-state index contributed by atoms with van der Waals surface area (Å²) in [5.41, 5.74) is 2.36. The van der Waals surface area contributed by atoms with Crippen molar-refractivity contribution in [3.8, 4) is 0 Å². The summed E-state index contributed by atoms with van der Waals surface area (Å²) < 4.78 is 11.6. The van der Waals surface area contributed by atoms with Gasteiger partial charge in [-0.1, -0.05) is 13.8 Å². The van der Waals surface area contributed by atoms with Crippen molar-refractivity contribution >= 4 is 11.2 Å². The lowest BCUT2D eigenvalue weighted by atomic mass is 10.0. The Morgan fingerprint density at radius 3 is 3.00 bits per heavy atom. The molecule has 0 aliphatic carbocycles. The number of rotatable bonds is 1.